The van der Waals surface area contributed by atoms with Crippen molar-refractivity contribution in [1.82, 2.24) is 15.1 Å². The lowest BCUT2D eigenvalue weighted by molar-refractivity contribution is 0.174. The Morgan fingerprint density at radius 2 is 2.04 bits per heavy atom. The molecule has 6 heteroatoms. The van der Waals surface area contributed by atoms with Gasteiger partial charge in [0.1, 0.15) is 0 Å². The van der Waals surface area contributed by atoms with E-state index in [1.807, 2.05) is 23.1 Å². The van der Waals surface area contributed by atoms with E-state index in [1.54, 1.807) is 0 Å². The molecule has 2 fully saturated rings. The maximum Gasteiger partial charge on any atom is 0.317 e. The van der Waals surface area contributed by atoms with Crippen molar-refractivity contribution in [2.24, 2.45) is 0 Å². The molecular formula is C17H23N3O3. The third-order valence-corrected chi connectivity index (χ3v) is 4.97. The van der Waals surface area contributed by atoms with E-state index in [4.69, 9.17) is 9.47 Å². The van der Waals surface area contributed by atoms with E-state index in [0.717, 1.165) is 43.1 Å². The fourth-order valence-electron chi connectivity index (χ4n) is 3.73. The van der Waals surface area contributed by atoms with Gasteiger partial charge >= 0.3 is 6.03 Å². The average Bonchev–Trinajstić information content (AvgIpc) is 3.16. The van der Waals surface area contributed by atoms with Gasteiger partial charge in [-0.15, -0.1) is 0 Å². The van der Waals surface area contributed by atoms with Crippen molar-refractivity contribution in [3.8, 4) is 11.5 Å². The molecule has 0 radical (unpaired) electrons. The monoisotopic (exact) mass is 317 g/mol. The Bertz CT molecular complexity index is 592. The lowest BCUT2D eigenvalue weighted by Crippen LogP contribution is -2.44. The lowest BCUT2D eigenvalue weighted by Gasteiger charge is -2.25. The van der Waals surface area contributed by atoms with Gasteiger partial charge in [-0.25, -0.2) is 4.79 Å². The SMILES string of the molecule is O=C(NCc1ccc2c(c1)OCO2)N1CCCN2CCC[C@H]2C1. The number of nitrogens with zero attached hydrogens (tertiary/aromatic N) is 2. The summed E-state index contributed by atoms with van der Waals surface area (Å²) < 4.78 is 10.7. The molecule has 1 aromatic rings. The highest BCUT2D eigenvalue weighted by molar-refractivity contribution is 5.74. The first kappa shape index (κ1) is 14.6. The second-order valence-electron chi connectivity index (χ2n) is 6.48. The van der Waals surface area contributed by atoms with Gasteiger partial charge in [-0.1, -0.05) is 6.07 Å². The molecule has 1 N–H and O–H groups in total. The maximum absolute atomic E-state index is 12.5. The fraction of sp³-hybridized carbons (Fsp3) is 0.588. The van der Waals surface area contributed by atoms with Gasteiger partial charge < -0.3 is 19.7 Å². The van der Waals surface area contributed by atoms with Crippen molar-refractivity contribution in [3.05, 3.63) is 23.8 Å². The van der Waals surface area contributed by atoms with Crippen LogP contribution in [-0.2, 0) is 6.54 Å². The Hall–Kier alpha value is -1.95. The summed E-state index contributed by atoms with van der Waals surface area (Å²) in [4.78, 5) is 17.0. The number of amides is 2. The van der Waals surface area contributed by atoms with E-state index in [-0.39, 0.29) is 12.8 Å². The van der Waals surface area contributed by atoms with Crippen molar-refractivity contribution >= 4 is 6.03 Å². The van der Waals surface area contributed by atoms with E-state index < -0.39 is 0 Å². The standard InChI is InChI=1S/C17H23N3O3/c21-17(20-8-2-7-19-6-1-3-14(19)11-20)18-10-13-4-5-15-16(9-13)23-12-22-15/h4-5,9,14H,1-3,6-8,10-12H2,(H,18,21)/t14-/m0/s1. The first-order chi connectivity index (χ1) is 11.3. The van der Waals surface area contributed by atoms with Crippen molar-refractivity contribution < 1.29 is 14.3 Å². The molecule has 124 valence electrons. The van der Waals surface area contributed by atoms with E-state index in [9.17, 15) is 4.79 Å². The van der Waals surface area contributed by atoms with Gasteiger partial charge in [0.15, 0.2) is 11.5 Å². The minimum Gasteiger partial charge on any atom is -0.454 e. The normalized spacial score (nSPS) is 23.5. The average molecular weight is 317 g/mol. The molecule has 2 amide bonds. The largest absolute Gasteiger partial charge is 0.454 e. The number of urea groups is 1. The molecule has 3 aliphatic rings. The van der Waals surface area contributed by atoms with E-state index in [0.29, 0.717) is 12.6 Å². The van der Waals surface area contributed by atoms with Crippen LogP contribution in [0.1, 0.15) is 24.8 Å². The molecule has 4 rings (SSSR count). The van der Waals surface area contributed by atoms with Gasteiger partial charge in [0.05, 0.1) is 0 Å². The first-order valence-corrected chi connectivity index (χ1v) is 8.45. The van der Waals surface area contributed by atoms with Gasteiger partial charge in [0, 0.05) is 32.2 Å². The summed E-state index contributed by atoms with van der Waals surface area (Å²) in [7, 11) is 0. The van der Waals surface area contributed by atoms with Crippen molar-refractivity contribution in [2.75, 3.05) is 33.0 Å². The number of hydrogen-bond donors (Lipinski definition) is 1. The third-order valence-electron chi connectivity index (χ3n) is 4.97. The minimum absolute atomic E-state index is 0.0383. The summed E-state index contributed by atoms with van der Waals surface area (Å²) in [6.45, 7) is 4.80. The number of carbonyl (C=O) groups is 1. The zero-order valence-corrected chi connectivity index (χ0v) is 13.3. The van der Waals surface area contributed by atoms with Crippen LogP contribution in [0.5, 0.6) is 11.5 Å². The second-order valence-corrected chi connectivity index (χ2v) is 6.48. The van der Waals surface area contributed by atoms with Gasteiger partial charge in [-0.3, -0.25) is 4.90 Å². The zero-order valence-electron chi connectivity index (χ0n) is 13.3. The van der Waals surface area contributed by atoms with Crippen LogP contribution in [-0.4, -0.2) is 54.8 Å². The summed E-state index contributed by atoms with van der Waals surface area (Å²) in [5.74, 6) is 1.53. The van der Waals surface area contributed by atoms with E-state index in [2.05, 4.69) is 10.2 Å². The Labute approximate surface area is 136 Å². The highest BCUT2D eigenvalue weighted by Crippen LogP contribution is 2.32. The molecule has 3 aliphatic heterocycles. The first-order valence-electron chi connectivity index (χ1n) is 8.45. The number of benzene rings is 1. The van der Waals surface area contributed by atoms with Gasteiger partial charge in [0.25, 0.3) is 0 Å². The highest BCUT2D eigenvalue weighted by atomic mass is 16.7. The fourth-order valence-corrected chi connectivity index (χ4v) is 3.73. The Morgan fingerprint density at radius 1 is 1.17 bits per heavy atom. The van der Waals surface area contributed by atoms with Crippen LogP contribution in [0.2, 0.25) is 0 Å². The number of ether oxygens (including phenoxy) is 2. The third kappa shape index (κ3) is 3.08. The molecule has 0 aliphatic carbocycles. The summed E-state index contributed by atoms with van der Waals surface area (Å²) in [5.41, 5.74) is 1.03. The molecule has 0 aromatic heterocycles. The van der Waals surface area contributed by atoms with Gasteiger partial charge in [-0.05, 0) is 43.5 Å². The van der Waals surface area contributed by atoms with Gasteiger partial charge in [-0.2, -0.15) is 0 Å². The van der Waals surface area contributed by atoms with Crippen LogP contribution in [0.15, 0.2) is 18.2 Å². The molecule has 1 aromatic carbocycles. The summed E-state index contributed by atoms with van der Waals surface area (Å²) in [6.07, 6.45) is 3.54. The molecule has 6 nitrogen and oxygen atoms in total. The summed E-state index contributed by atoms with van der Waals surface area (Å²) in [6, 6.07) is 6.38. The van der Waals surface area contributed by atoms with Crippen molar-refractivity contribution in [2.45, 2.75) is 31.8 Å². The van der Waals surface area contributed by atoms with Crippen LogP contribution in [0.4, 0.5) is 4.79 Å². The smallest absolute Gasteiger partial charge is 0.317 e. The summed E-state index contributed by atoms with van der Waals surface area (Å²) in [5, 5.41) is 3.04. The number of fused-ring (bicyclic) bond motifs is 2. The quantitative estimate of drug-likeness (QED) is 0.904. The molecule has 23 heavy (non-hydrogen) atoms. The zero-order chi connectivity index (χ0) is 15.6. The van der Waals surface area contributed by atoms with Crippen molar-refractivity contribution in [1.29, 1.82) is 0 Å². The molecule has 1 atom stereocenters. The molecule has 2 saturated heterocycles. The Kier molecular flexibility index (Phi) is 3.99. The molecule has 0 saturated carbocycles. The highest BCUT2D eigenvalue weighted by Gasteiger charge is 2.30. The molecule has 0 bridgehead atoms. The van der Waals surface area contributed by atoms with Crippen LogP contribution in [0.25, 0.3) is 0 Å². The van der Waals surface area contributed by atoms with Gasteiger partial charge in [0.2, 0.25) is 6.79 Å². The molecule has 0 spiro atoms. The maximum atomic E-state index is 12.5. The second kappa shape index (κ2) is 6.28. The number of carbonyl (C=O) groups excluding carboxylic acids is 1. The predicted octanol–water partition coefficient (Wildman–Crippen LogP) is 1.79. The molecule has 3 heterocycles. The summed E-state index contributed by atoms with van der Waals surface area (Å²) >= 11 is 0. The van der Waals surface area contributed by atoms with Crippen LogP contribution in [0.3, 0.4) is 0 Å². The topological polar surface area (TPSA) is 54.0 Å². The van der Waals surface area contributed by atoms with Crippen LogP contribution in [0, 0.1) is 0 Å². The van der Waals surface area contributed by atoms with Crippen molar-refractivity contribution in [3.63, 3.8) is 0 Å². The molecule has 0 unspecified atom stereocenters. The van der Waals surface area contributed by atoms with E-state index >= 15 is 0 Å². The minimum atomic E-state index is 0.0383. The number of rotatable bonds is 2. The number of nitrogens with one attached hydrogen (secondary N) is 1. The van der Waals surface area contributed by atoms with Crippen LogP contribution < -0.4 is 14.8 Å². The van der Waals surface area contributed by atoms with Crippen LogP contribution >= 0.6 is 0 Å². The predicted molar refractivity (Wildman–Crippen MR) is 85.6 cm³/mol. The number of hydrogen-bond acceptors (Lipinski definition) is 4. The van der Waals surface area contributed by atoms with E-state index in [1.165, 1.54) is 19.4 Å². The Morgan fingerprint density at radius 3 is 3.00 bits per heavy atom. The molecular weight excluding hydrogens is 294 g/mol. The Balaban J connectivity index is 1.34. The lowest BCUT2D eigenvalue weighted by atomic mass is 10.2.